The van der Waals surface area contributed by atoms with Gasteiger partial charge in [-0.05, 0) is 36.8 Å². The molecule has 0 fully saturated rings. The highest BCUT2D eigenvalue weighted by Crippen LogP contribution is 2.22. The standard InChI is InChI=1S/C20H21N5O3S/c1-3-28-17-9-8-16(18(26)10-17)11-21-23-19(27)15-6-4-14(5-7-15)12-29-20-24-22-13-25(20)2/h4-11,13,26H,3,12H2,1-2H3,(H,23,27). The Morgan fingerprint density at radius 3 is 2.76 bits per heavy atom. The van der Waals surface area contributed by atoms with E-state index in [0.717, 1.165) is 16.5 Å². The number of hydrazone groups is 1. The van der Waals surface area contributed by atoms with Gasteiger partial charge in [-0.25, -0.2) is 5.43 Å². The number of nitrogens with zero attached hydrogens (tertiary/aromatic N) is 4. The Bertz CT molecular complexity index is 1000. The van der Waals surface area contributed by atoms with Gasteiger partial charge in [0, 0.05) is 30.0 Å². The number of amides is 1. The van der Waals surface area contributed by atoms with E-state index in [1.807, 2.05) is 30.7 Å². The molecule has 0 aliphatic heterocycles. The molecule has 0 saturated carbocycles. The van der Waals surface area contributed by atoms with E-state index in [1.54, 1.807) is 42.4 Å². The molecule has 3 rings (SSSR count). The van der Waals surface area contributed by atoms with Crippen molar-refractivity contribution in [1.29, 1.82) is 0 Å². The van der Waals surface area contributed by atoms with Gasteiger partial charge in [-0.15, -0.1) is 10.2 Å². The molecule has 9 heteroatoms. The van der Waals surface area contributed by atoms with Gasteiger partial charge in [-0.1, -0.05) is 23.9 Å². The third kappa shape index (κ3) is 5.58. The zero-order chi connectivity index (χ0) is 20.6. The van der Waals surface area contributed by atoms with Crippen LogP contribution >= 0.6 is 11.8 Å². The Labute approximate surface area is 172 Å². The van der Waals surface area contributed by atoms with Crippen LogP contribution in [0.2, 0.25) is 0 Å². The van der Waals surface area contributed by atoms with Crippen LogP contribution in [0.4, 0.5) is 0 Å². The predicted molar refractivity (Wildman–Crippen MR) is 111 cm³/mol. The van der Waals surface area contributed by atoms with E-state index in [2.05, 4.69) is 20.7 Å². The average Bonchev–Trinajstić information content (AvgIpc) is 3.13. The number of carbonyl (C=O) groups excluding carboxylic acids is 1. The van der Waals surface area contributed by atoms with Crippen molar-refractivity contribution in [2.24, 2.45) is 12.1 Å². The average molecular weight is 411 g/mol. The summed E-state index contributed by atoms with van der Waals surface area (Å²) in [7, 11) is 1.89. The lowest BCUT2D eigenvalue weighted by Crippen LogP contribution is -2.17. The van der Waals surface area contributed by atoms with E-state index in [4.69, 9.17) is 4.74 Å². The molecule has 0 unspecified atom stereocenters. The number of thioether (sulfide) groups is 1. The van der Waals surface area contributed by atoms with Crippen molar-refractivity contribution in [3.8, 4) is 11.5 Å². The summed E-state index contributed by atoms with van der Waals surface area (Å²) < 4.78 is 7.17. The number of phenols is 1. The van der Waals surface area contributed by atoms with Crippen molar-refractivity contribution in [3.63, 3.8) is 0 Å². The van der Waals surface area contributed by atoms with E-state index in [0.29, 0.717) is 23.5 Å². The first-order chi connectivity index (χ1) is 14.1. The largest absolute Gasteiger partial charge is 0.507 e. The fourth-order valence-corrected chi connectivity index (χ4v) is 3.26. The molecule has 0 radical (unpaired) electrons. The fraction of sp³-hybridized carbons (Fsp3) is 0.200. The summed E-state index contributed by atoms with van der Waals surface area (Å²) in [4.78, 5) is 12.2. The lowest BCUT2D eigenvalue weighted by Gasteiger charge is -2.05. The SMILES string of the molecule is CCOc1ccc(C=NNC(=O)c2ccc(CSc3nncn3C)cc2)c(O)c1. The van der Waals surface area contributed by atoms with Crippen LogP contribution in [0.25, 0.3) is 0 Å². The number of rotatable bonds is 8. The number of ether oxygens (including phenoxy) is 1. The monoisotopic (exact) mass is 411 g/mol. The van der Waals surface area contributed by atoms with Crippen LogP contribution in [-0.4, -0.2) is 38.6 Å². The van der Waals surface area contributed by atoms with Gasteiger partial charge < -0.3 is 14.4 Å². The molecule has 0 atom stereocenters. The van der Waals surface area contributed by atoms with Crippen LogP contribution in [0.3, 0.4) is 0 Å². The summed E-state index contributed by atoms with van der Waals surface area (Å²) in [6.07, 6.45) is 3.04. The van der Waals surface area contributed by atoms with E-state index in [-0.39, 0.29) is 11.7 Å². The van der Waals surface area contributed by atoms with Crippen LogP contribution in [0.1, 0.15) is 28.4 Å². The molecule has 1 amide bonds. The molecule has 0 aliphatic rings. The van der Waals surface area contributed by atoms with Gasteiger partial charge in [-0.2, -0.15) is 5.10 Å². The van der Waals surface area contributed by atoms with Crippen LogP contribution in [-0.2, 0) is 12.8 Å². The number of aromatic hydroxyl groups is 1. The number of nitrogens with one attached hydrogen (secondary N) is 1. The molecule has 8 nitrogen and oxygen atoms in total. The topological polar surface area (TPSA) is 102 Å². The second kappa shape index (κ2) is 9.74. The summed E-state index contributed by atoms with van der Waals surface area (Å²) in [5.74, 6) is 0.991. The predicted octanol–water partition coefficient (Wildman–Crippen LogP) is 2.98. The first-order valence-electron chi connectivity index (χ1n) is 8.91. The molecule has 1 aromatic heterocycles. The van der Waals surface area contributed by atoms with Crippen molar-refractivity contribution < 1.29 is 14.6 Å². The highest BCUT2D eigenvalue weighted by atomic mass is 32.2. The van der Waals surface area contributed by atoms with Crippen LogP contribution in [0.15, 0.2) is 59.0 Å². The van der Waals surface area contributed by atoms with E-state index >= 15 is 0 Å². The number of benzene rings is 2. The minimum absolute atomic E-state index is 0.0266. The number of hydrogen-bond acceptors (Lipinski definition) is 7. The minimum atomic E-state index is -0.334. The zero-order valence-electron chi connectivity index (χ0n) is 16.1. The molecule has 2 aromatic carbocycles. The van der Waals surface area contributed by atoms with Crippen LogP contribution in [0, 0.1) is 0 Å². The Balaban J connectivity index is 1.54. The quantitative estimate of drug-likeness (QED) is 0.336. The third-order valence-corrected chi connectivity index (χ3v) is 5.04. The normalized spacial score (nSPS) is 11.0. The third-order valence-electron chi connectivity index (χ3n) is 3.94. The minimum Gasteiger partial charge on any atom is -0.507 e. The van der Waals surface area contributed by atoms with Gasteiger partial charge in [0.1, 0.15) is 17.8 Å². The molecule has 150 valence electrons. The highest BCUT2D eigenvalue weighted by Gasteiger charge is 2.06. The molecule has 0 saturated heterocycles. The molecular formula is C20H21N5O3S. The van der Waals surface area contributed by atoms with Gasteiger partial charge >= 0.3 is 0 Å². The smallest absolute Gasteiger partial charge is 0.271 e. The van der Waals surface area contributed by atoms with Crippen LogP contribution in [0.5, 0.6) is 11.5 Å². The van der Waals surface area contributed by atoms with Gasteiger partial charge in [0.15, 0.2) is 5.16 Å². The second-order valence-electron chi connectivity index (χ2n) is 6.06. The maximum atomic E-state index is 12.2. The van der Waals surface area contributed by atoms with Crippen molar-refractivity contribution in [3.05, 3.63) is 65.5 Å². The number of aromatic nitrogens is 3. The summed E-state index contributed by atoms with van der Waals surface area (Å²) in [6.45, 7) is 2.38. The van der Waals surface area contributed by atoms with Gasteiger partial charge in [0.05, 0.1) is 12.8 Å². The van der Waals surface area contributed by atoms with Gasteiger partial charge in [0.2, 0.25) is 0 Å². The van der Waals surface area contributed by atoms with Crippen LogP contribution < -0.4 is 10.2 Å². The molecular weight excluding hydrogens is 390 g/mol. The zero-order valence-corrected chi connectivity index (χ0v) is 16.9. The fourth-order valence-electron chi connectivity index (χ4n) is 2.42. The lowest BCUT2D eigenvalue weighted by molar-refractivity contribution is 0.0955. The number of carbonyl (C=O) groups is 1. The molecule has 0 spiro atoms. The first-order valence-corrected chi connectivity index (χ1v) is 9.90. The van der Waals surface area contributed by atoms with Crippen molar-refractivity contribution in [1.82, 2.24) is 20.2 Å². The van der Waals surface area contributed by atoms with E-state index in [1.165, 1.54) is 12.3 Å². The van der Waals surface area contributed by atoms with Crippen molar-refractivity contribution in [2.75, 3.05) is 6.61 Å². The molecule has 3 aromatic rings. The molecule has 2 N–H and O–H groups in total. The highest BCUT2D eigenvalue weighted by molar-refractivity contribution is 7.98. The van der Waals surface area contributed by atoms with Gasteiger partial charge in [0.25, 0.3) is 5.91 Å². The van der Waals surface area contributed by atoms with E-state index in [9.17, 15) is 9.90 Å². The summed E-state index contributed by atoms with van der Waals surface area (Å²) in [5, 5.41) is 22.6. The maximum Gasteiger partial charge on any atom is 0.271 e. The molecule has 0 bridgehead atoms. The summed E-state index contributed by atoms with van der Waals surface area (Å²) in [6, 6.07) is 12.2. The summed E-state index contributed by atoms with van der Waals surface area (Å²) in [5.41, 5.74) is 4.49. The van der Waals surface area contributed by atoms with Gasteiger partial charge in [-0.3, -0.25) is 4.79 Å². The second-order valence-corrected chi connectivity index (χ2v) is 7.01. The summed E-state index contributed by atoms with van der Waals surface area (Å²) >= 11 is 1.57. The molecule has 0 aliphatic carbocycles. The molecule has 29 heavy (non-hydrogen) atoms. The number of phenolic OH excluding ortho intramolecular Hbond substituents is 1. The maximum absolute atomic E-state index is 12.2. The lowest BCUT2D eigenvalue weighted by atomic mass is 10.1. The Morgan fingerprint density at radius 2 is 2.10 bits per heavy atom. The first kappa shape index (κ1) is 20.4. The van der Waals surface area contributed by atoms with Crippen molar-refractivity contribution in [2.45, 2.75) is 17.8 Å². The Hall–Kier alpha value is -3.33. The van der Waals surface area contributed by atoms with E-state index < -0.39 is 0 Å². The Morgan fingerprint density at radius 1 is 1.31 bits per heavy atom. The number of hydrogen-bond donors (Lipinski definition) is 2. The number of aryl methyl sites for hydroxylation is 1. The molecule has 1 heterocycles. The van der Waals surface area contributed by atoms with Crippen molar-refractivity contribution >= 4 is 23.9 Å². The Kier molecular flexibility index (Phi) is 6.85.